The number of piperidine rings is 1. The van der Waals surface area contributed by atoms with Crippen LogP contribution < -0.4 is 10.1 Å². The average molecular weight is 407 g/mol. The van der Waals surface area contributed by atoms with E-state index in [4.69, 9.17) is 27.9 Å². The lowest BCUT2D eigenvalue weighted by Crippen LogP contribution is -2.40. The zero-order valence-corrected chi connectivity index (χ0v) is 16.9. The van der Waals surface area contributed by atoms with Gasteiger partial charge < -0.3 is 10.1 Å². The summed E-state index contributed by atoms with van der Waals surface area (Å²) in [5.74, 6) is 1.00. The van der Waals surface area contributed by atoms with Gasteiger partial charge in [-0.1, -0.05) is 41.4 Å². The van der Waals surface area contributed by atoms with E-state index in [1.54, 1.807) is 7.11 Å². The van der Waals surface area contributed by atoms with Gasteiger partial charge in [-0.05, 0) is 61.3 Å². The summed E-state index contributed by atoms with van der Waals surface area (Å²) >= 11 is 12.1. The summed E-state index contributed by atoms with van der Waals surface area (Å²) in [4.78, 5) is 14.8. The molecule has 0 unspecified atom stereocenters. The molecule has 144 valence electrons. The summed E-state index contributed by atoms with van der Waals surface area (Å²) in [7, 11) is 1.64. The van der Waals surface area contributed by atoms with Crippen molar-refractivity contribution in [3.8, 4) is 5.75 Å². The van der Waals surface area contributed by atoms with Crippen LogP contribution in [0.15, 0.2) is 42.5 Å². The van der Waals surface area contributed by atoms with Gasteiger partial charge in [-0.2, -0.15) is 0 Å². The van der Waals surface area contributed by atoms with Crippen LogP contribution in [0, 0.1) is 5.92 Å². The van der Waals surface area contributed by atoms with Crippen LogP contribution in [-0.2, 0) is 17.9 Å². The van der Waals surface area contributed by atoms with E-state index in [1.807, 2.05) is 42.5 Å². The van der Waals surface area contributed by atoms with Gasteiger partial charge in [-0.15, -0.1) is 0 Å². The highest BCUT2D eigenvalue weighted by atomic mass is 35.5. The molecule has 1 saturated heterocycles. The fourth-order valence-electron chi connectivity index (χ4n) is 3.37. The first-order chi connectivity index (χ1) is 13.0. The normalized spacial score (nSPS) is 15.5. The van der Waals surface area contributed by atoms with Gasteiger partial charge >= 0.3 is 0 Å². The van der Waals surface area contributed by atoms with Crippen LogP contribution in [0.4, 0.5) is 0 Å². The van der Waals surface area contributed by atoms with Gasteiger partial charge in [0.25, 0.3) is 0 Å². The van der Waals surface area contributed by atoms with E-state index in [2.05, 4.69) is 10.2 Å². The van der Waals surface area contributed by atoms with Crippen LogP contribution in [0.2, 0.25) is 10.0 Å². The highest BCUT2D eigenvalue weighted by Gasteiger charge is 2.24. The fourth-order valence-corrected chi connectivity index (χ4v) is 3.69. The van der Waals surface area contributed by atoms with E-state index < -0.39 is 0 Å². The summed E-state index contributed by atoms with van der Waals surface area (Å²) < 4.78 is 5.22. The monoisotopic (exact) mass is 406 g/mol. The predicted octanol–water partition coefficient (Wildman–Crippen LogP) is 4.53. The van der Waals surface area contributed by atoms with E-state index >= 15 is 0 Å². The number of halogens is 2. The zero-order valence-electron chi connectivity index (χ0n) is 15.4. The van der Waals surface area contributed by atoms with Gasteiger partial charge in [0, 0.05) is 19.0 Å². The molecule has 2 aromatic carbocycles. The number of nitrogens with zero attached hydrogens (tertiary/aromatic N) is 1. The molecule has 0 aliphatic carbocycles. The maximum Gasteiger partial charge on any atom is 0.223 e. The van der Waals surface area contributed by atoms with Crippen LogP contribution in [0.1, 0.15) is 24.0 Å². The molecule has 1 fully saturated rings. The first-order valence-corrected chi connectivity index (χ1v) is 9.87. The third-order valence-electron chi connectivity index (χ3n) is 4.95. The Balaban J connectivity index is 1.45. The third kappa shape index (κ3) is 5.61. The minimum absolute atomic E-state index is 0.0701. The molecule has 0 atom stereocenters. The molecular weight excluding hydrogens is 383 g/mol. The molecule has 4 nitrogen and oxygen atoms in total. The second-order valence-corrected chi connectivity index (χ2v) is 7.68. The van der Waals surface area contributed by atoms with Gasteiger partial charge in [-0.25, -0.2) is 0 Å². The number of carbonyl (C=O) groups is 1. The number of likely N-dealkylation sites (tertiary alicyclic amines) is 1. The number of hydrogen-bond donors (Lipinski definition) is 1. The Kier molecular flexibility index (Phi) is 7.00. The Morgan fingerprint density at radius 2 is 1.89 bits per heavy atom. The van der Waals surface area contributed by atoms with E-state index in [-0.39, 0.29) is 11.8 Å². The summed E-state index contributed by atoms with van der Waals surface area (Å²) in [6, 6.07) is 13.5. The molecule has 0 bridgehead atoms. The summed E-state index contributed by atoms with van der Waals surface area (Å²) in [5, 5.41) is 4.21. The number of methoxy groups -OCH3 is 1. The highest BCUT2D eigenvalue weighted by Crippen LogP contribution is 2.25. The van der Waals surface area contributed by atoms with Crippen molar-refractivity contribution in [2.75, 3.05) is 20.2 Å². The lowest BCUT2D eigenvalue weighted by molar-refractivity contribution is -0.126. The Bertz CT molecular complexity index is 790. The topological polar surface area (TPSA) is 41.6 Å². The van der Waals surface area contributed by atoms with Crippen molar-refractivity contribution in [2.45, 2.75) is 25.9 Å². The first kappa shape index (κ1) is 20.0. The van der Waals surface area contributed by atoms with Gasteiger partial charge in [0.05, 0.1) is 17.2 Å². The van der Waals surface area contributed by atoms with Crippen molar-refractivity contribution in [1.82, 2.24) is 10.2 Å². The lowest BCUT2D eigenvalue weighted by Gasteiger charge is -2.31. The van der Waals surface area contributed by atoms with Crippen molar-refractivity contribution in [2.24, 2.45) is 5.92 Å². The van der Waals surface area contributed by atoms with Crippen LogP contribution in [0.5, 0.6) is 5.75 Å². The molecule has 1 aliphatic rings. The molecule has 0 aromatic heterocycles. The van der Waals surface area contributed by atoms with Crippen molar-refractivity contribution in [3.63, 3.8) is 0 Å². The molecular formula is C21H24Cl2N2O2. The highest BCUT2D eigenvalue weighted by molar-refractivity contribution is 6.42. The zero-order chi connectivity index (χ0) is 19.2. The summed E-state index contributed by atoms with van der Waals surface area (Å²) in [5.41, 5.74) is 2.19. The molecule has 1 amide bonds. The lowest BCUT2D eigenvalue weighted by atomic mass is 9.95. The number of carbonyl (C=O) groups excluding carboxylic acids is 1. The molecule has 6 heteroatoms. The SMILES string of the molecule is COc1cccc(CNC(=O)C2CCN(Cc3ccc(Cl)c(Cl)c3)CC2)c1. The number of rotatable bonds is 6. The van der Waals surface area contributed by atoms with Crippen LogP contribution in [0.25, 0.3) is 0 Å². The number of ether oxygens (including phenoxy) is 1. The number of hydrogen-bond acceptors (Lipinski definition) is 3. The second-order valence-electron chi connectivity index (χ2n) is 6.87. The molecule has 1 N–H and O–H groups in total. The minimum atomic E-state index is 0.0701. The number of nitrogens with one attached hydrogen (secondary N) is 1. The van der Waals surface area contributed by atoms with E-state index in [0.717, 1.165) is 49.4 Å². The van der Waals surface area contributed by atoms with Crippen LogP contribution in [0.3, 0.4) is 0 Å². The number of amides is 1. The molecule has 3 rings (SSSR count). The number of benzene rings is 2. The van der Waals surface area contributed by atoms with Crippen molar-refractivity contribution < 1.29 is 9.53 Å². The smallest absolute Gasteiger partial charge is 0.223 e. The average Bonchev–Trinajstić information content (AvgIpc) is 2.69. The molecule has 0 radical (unpaired) electrons. The van der Waals surface area contributed by atoms with Gasteiger partial charge in [0.2, 0.25) is 5.91 Å². The van der Waals surface area contributed by atoms with E-state index in [9.17, 15) is 4.79 Å². The maximum atomic E-state index is 12.5. The van der Waals surface area contributed by atoms with E-state index in [1.165, 1.54) is 0 Å². The predicted molar refractivity (Wildman–Crippen MR) is 109 cm³/mol. The van der Waals surface area contributed by atoms with Gasteiger partial charge in [0.1, 0.15) is 5.75 Å². The Morgan fingerprint density at radius 1 is 1.11 bits per heavy atom. The van der Waals surface area contributed by atoms with Crippen LogP contribution >= 0.6 is 23.2 Å². The van der Waals surface area contributed by atoms with Crippen molar-refractivity contribution >= 4 is 29.1 Å². The molecule has 0 spiro atoms. The quantitative estimate of drug-likeness (QED) is 0.765. The van der Waals surface area contributed by atoms with Gasteiger partial charge in [-0.3, -0.25) is 9.69 Å². The standard InChI is InChI=1S/C21H24Cl2N2O2/c1-27-18-4-2-3-15(11-18)13-24-21(26)17-7-9-25(10-8-17)14-16-5-6-19(22)20(23)12-16/h2-6,11-12,17H,7-10,13-14H2,1H3,(H,24,26). The molecule has 1 aliphatic heterocycles. The first-order valence-electron chi connectivity index (χ1n) is 9.12. The van der Waals surface area contributed by atoms with E-state index in [0.29, 0.717) is 16.6 Å². The van der Waals surface area contributed by atoms with Crippen molar-refractivity contribution in [1.29, 1.82) is 0 Å². The Labute approximate surface area is 170 Å². The fraction of sp³-hybridized carbons (Fsp3) is 0.381. The van der Waals surface area contributed by atoms with Gasteiger partial charge in [0.15, 0.2) is 0 Å². The Morgan fingerprint density at radius 3 is 2.59 bits per heavy atom. The largest absolute Gasteiger partial charge is 0.497 e. The third-order valence-corrected chi connectivity index (χ3v) is 5.69. The summed E-state index contributed by atoms with van der Waals surface area (Å²) in [6.07, 6.45) is 1.73. The molecule has 1 heterocycles. The molecule has 2 aromatic rings. The Hall–Kier alpha value is -1.75. The molecule has 27 heavy (non-hydrogen) atoms. The molecule has 0 saturated carbocycles. The van der Waals surface area contributed by atoms with Crippen molar-refractivity contribution in [3.05, 3.63) is 63.6 Å². The van der Waals surface area contributed by atoms with Crippen LogP contribution in [-0.4, -0.2) is 31.0 Å². The minimum Gasteiger partial charge on any atom is -0.497 e. The summed E-state index contributed by atoms with van der Waals surface area (Å²) in [6.45, 7) is 3.16. The maximum absolute atomic E-state index is 12.5. The second kappa shape index (κ2) is 9.45.